The molecule has 3 aromatic carbocycles. The molecule has 126 valence electrons. The third-order valence-electron chi connectivity index (χ3n) is 3.96. The van der Waals surface area contributed by atoms with Crippen molar-refractivity contribution >= 4 is 29.0 Å². The van der Waals surface area contributed by atoms with Crippen LogP contribution in [0.4, 0.5) is 0 Å². The number of hydrogen-bond acceptors (Lipinski definition) is 3. The van der Waals surface area contributed by atoms with Gasteiger partial charge in [0.05, 0.1) is 12.2 Å². The van der Waals surface area contributed by atoms with Gasteiger partial charge in [-0.25, -0.2) is 4.79 Å². The molecule has 3 nitrogen and oxygen atoms in total. The quantitative estimate of drug-likeness (QED) is 0.522. The molecular weight excluding hydrogens is 331 g/mol. The Morgan fingerprint density at radius 1 is 0.800 bits per heavy atom. The Morgan fingerprint density at radius 2 is 1.32 bits per heavy atom. The fraction of sp³-hybridized carbons (Fsp3) is 0.0952. The topological polar surface area (TPSA) is 43.4 Å². The number of ether oxygens (including phenoxy) is 1. The van der Waals surface area contributed by atoms with Crippen LogP contribution in [0.15, 0.2) is 84.9 Å². The predicted molar refractivity (Wildman–Crippen MR) is 102 cm³/mol. The van der Waals surface area contributed by atoms with Gasteiger partial charge in [-0.1, -0.05) is 72.8 Å². The minimum Gasteiger partial charge on any atom is -0.462 e. The number of esters is 1. The lowest BCUT2D eigenvalue weighted by Gasteiger charge is -2.20. The molecule has 0 aliphatic carbocycles. The van der Waals surface area contributed by atoms with Crippen LogP contribution in [0.5, 0.6) is 0 Å². The van der Waals surface area contributed by atoms with Crippen molar-refractivity contribution in [1.82, 2.24) is 0 Å². The highest BCUT2D eigenvalue weighted by atomic mass is 31.2. The minimum absolute atomic E-state index is 0.304. The molecule has 0 saturated heterocycles. The van der Waals surface area contributed by atoms with Crippen LogP contribution < -0.4 is 15.9 Å². The predicted octanol–water partition coefficient (Wildman–Crippen LogP) is 3.50. The molecule has 0 amide bonds. The Morgan fingerprint density at radius 3 is 1.84 bits per heavy atom. The summed E-state index contributed by atoms with van der Waals surface area (Å²) in [6, 6.07) is 25.7. The van der Waals surface area contributed by atoms with Crippen LogP contribution in [0.3, 0.4) is 0 Å². The van der Waals surface area contributed by atoms with E-state index >= 15 is 0 Å². The minimum atomic E-state index is -3.07. The molecule has 0 bridgehead atoms. The maximum absolute atomic E-state index is 14.2. The number of benzene rings is 3. The highest BCUT2D eigenvalue weighted by Gasteiger charge is 2.30. The highest BCUT2D eigenvalue weighted by Crippen LogP contribution is 2.42. The summed E-state index contributed by atoms with van der Waals surface area (Å²) in [5.74, 6) is -0.406. The SMILES string of the molecule is CCOC(=O)c1cccc(P(=O)(c2ccccc2)c2ccccc2)c1. The van der Waals surface area contributed by atoms with Crippen LogP contribution >= 0.6 is 7.14 Å². The number of rotatable bonds is 5. The summed E-state index contributed by atoms with van der Waals surface area (Å²) in [6.45, 7) is 2.07. The van der Waals surface area contributed by atoms with Gasteiger partial charge >= 0.3 is 5.97 Å². The summed E-state index contributed by atoms with van der Waals surface area (Å²) in [6.07, 6.45) is 0. The Balaban J connectivity index is 2.19. The molecule has 0 saturated carbocycles. The van der Waals surface area contributed by atoms with E-state index in [9.17, 15) is 9.36 Å². The number of carbonyl (C=O) groups excluding carboxylic acids is 1. The average molecular weight is 350 g/mol. The summed E-state index contributed by atoms with van der Waals surface area (Å²) in [7, 11) is -3.07. The molecule has 0 atom stereocenters. The van der Waals surface area contributed by atoms with E-state index in [1.54, 1.807) is 25.1 Å². The second-order valence-corrected chi connectivity index (χ2v) is 8.32. The van der Waals surface area contributed by atoms with E-state index in [2.05, 4.69) is 0 Å². The molecule has 0 unspecified atom stereocenters. The van der Waals surface area contributed by atoms with Crippen molar-refractivity contribution in [2.75, 3.05) is 6.61 Å². The van der Waals surface area contributed by atoms with E-state index < -0.39 is 13.1 Å². The molecule has 0 spiro atoms. The van der Waals surface area contributed by atoms with Crippen LogP contribution in [0, 0.1) is 0 Å². The van der Waals surface area contributed by atoms with Gasteiger partial charge in [0.25, 0.3) is 0 Å². The first-order chi connectivity index (χ1) is 12.2. The van der Waals surface area contributed by atoms with Crippen LogP contribution in [-0.2, 0) is 9.30 Å². The maximum atomic E-state index is 14.2. The first kappa shape index (κ1) is 17.2. The molecule has 0 fully saturated rings. The summed E-state index contributed by atoms with van der Waals surface area (Å²) in [4.78, 5) is 12.1. The van der Waals surface area contributed by atoms with Gasteiger partial charge < -0.3 is 9.30 Å². The summed E-state index contributed by atoms with van der Waals surface area (Å²) in [5.41, 5.74) is 0.409. The van der Waals surface area contributed by atoms with Gasteiger partial charge in [-0.05, 0) is 19.1 Å². The van der Waals surface area contributed by atoms with Gasteiger partial charge in [-0.3, -0.25) is 0 Å². The summed E-state index contributed by atoms with van der Waals surface area (Å²) >= 11 is 0. The van der Waals surface area contributed by atoms with Crippen molar-refractivity contribution < 1.29 is 14.1 Å². The summed E-state index contributed by atoms with van der Waals surface area (Å²) < 4.78 is 19.3. The molecule has 0 aromatic heterocycles. The molecular formula is C21H19O3P. The second-order valence-electron chi connectivity index (χ2n) is 5.55. The molecule has 0 heterocycles. The third-order valence-corrected chi connectivity index (χ3v) is 7.02. The zero-order valence-electron chi connectivity index (χ0n) is 14.0. The first-order valence-electron chi connectivity index (χ1n) is 8.15. The van der Waals surface area contributed by atoms with E-state index in [0.29, 0.717) is 17.5 Å². The average Bonchev–Trinajstić information content (AvgIpc) is 2.69. The van der Waals surface area contributed by atoms with Crippen molar-refractivity contribution in [3.05, 3.63) is 90.5 Å². The monoisotopic (exact) mass is 350 g/mol. The van der Waals surface area contributed by atoms with Crippen molar-refractivity contribution in [3.63, 3.8) is 0 Å². The normalized spacial score (nSPS) is 11.1. The van der Waals surface area contributed by atoms with Crippen LogP contribution in [0.25, 0.3) is 0 Å². The fourth-order valence-corrected chi connectivity index (χ4v) is 5.46. The van der Waals surface area contributed by atoms with Crippen molar-refractivity contribution in [2.45, 2.75) is 6.92 Å². The molecule has 0 aliphatic rings. The molecule has 3 aromatic rings. The van der Waals surface area contributed by atoms with Crippen LogP contribution in [0.1, 0.15) is 17.3 Å². The Labute approximate surface area is 147 Å². The molecule has 4 heteroatoms. The van der Waals surface area contributed by atoms with Gasteiger partial charge in [0.2, 0.25) is 0 Å². The van der Waals surface area contributed by atoms with Gasteiger partial charge in [-0.2, -0.15) is 0 Å². The Bertz CT molecular complexity index is 861. The van der Waals surface area contributed by atoms with Crippen LogP contribution in [0.2, 0.25) is 0 Å². The van der Waals surface area contributed by atoms with Crippen molar-refractivity contribution in [2.24, 2.45) is 0 Å². The summed E-state index contributed by atoms with van der Waals surface area (Å²) in [5, 5.41) is 2.10. The van der Waals surface area contributed by atoms with E-state index in [1.165, 1.54) is 0 Å². The second kappa shape index (κ2) is 7.50. The third kappa shape index (κ3) is 3.42. The molecule has 0 radical (unpaired) electrons. The number of carbonyl (C=O) groups is 1. The van der Waals surface area contributed by atoms with E-state index in [1.807, 2.05) is 66.7 Å². The van der Waals surface area contributed by atoms with E-state index in [4.69, 9.17) is 4.74 Å². The van der Waals surface area contributed by atoms with Crippen molar-refractivity contribution in [1.29, 1.82) is 0 Å². The largest absolute Gasteiger partial charge is 0.462 e. The molecule has 0 N–H and O–H groups in total. The van der Waals surface area contributed by atoms with Gasteiger partial charge in [0.15, 0.2) is 7.14 Å². The zero-order valence-corrected chi connectivity index (χ0v) is 14.9. The van der Waals surface area contributed by atoms with Gasteiger partial charge in [-0.15, -0.1) is 0 Å². The smallest absolute Gasteiger partial charge is 0.338 e. The highest BCUT2D eigenvalue weighted by molar-refractivity contribution is 7.85. The Hall–Kier alpha value is -2.64. The lowest BCUT2D eigenvalue weighted by Crippen LogP contribution is -2.25. The Kier molecular flexibility index (Phi) is 5.16. The van der Waals surface area contributed by atoms with Gasteiger partial charge in [0, 0.05) is 15.9 Å². The zero-order chi connectivity index (χ0) is 17.7. The van der Waals surface area contributed by atoms with Gasteiger partial charge in [0.1, 0.15) is 0 Å². The maximum Gasteiger partial charge on any atom is 0.338 e. The standard InChI is InChI=1S/C21H19O3P/c1-2-24-21(22)17-10-9-15-20(16-17)25(23,18-11-5-3-6-12-18)19-13-7-4-8-14-19/h3-16H,2H2,1H3. The van der Waals surface area contributed by atoms with Crippen molar-refractivity contribution in [3.8, 4) is 0 Å². The molecule has 25 heavy (non-hydrogen) atoms. The fourth-order valence-electron chi connectivity index (χ4n) is 2.77. The molecule has 0 aliphatic heterocycles. The van der Waals surface area contributed by atoms with E-state index in [-0.39, 0.29) is 0 Å². The lowest BCUT2D eigenvalue weighted by molar-refractivity contribution is 0.0526. The molecule has 3 rings (SSSR count). The first-order valence-corrected chi connectivity index (χ1v) is 9.86. The van der Waals surface area contributed by atoms with E-state index in [0.717, 1.165) is 10.6 Å². The van der Waals surface area contributed by atoms with Crippen LogP contribution in [-0.4, -0.2) is 12.6 Å². The lowest BCUT2D eigenvalue weighted by atomic mass is 10.2. The number of hydrogen-bond donors (Lipinski definition) is 0.